The zero-order chi connectivity index (χ0) is 12.3. The van der Waals surface area contributed by atoms with Gasteiger partial charge in [-0.2, -0.15) is 0 Å². The highest BCUT2D eigenvalue weighted by atomic mass is 35.5. The van der Waals surface area contributed by atoms with E-state index in [0.717, 1.165) is 6.42 Å². The maximum atomic E-state index is 10.6. The molecule has 0 aromatic heterocycles. The van der Waals surface area contributed by atoms with Gasteiger partial charge in [-0.3, -0.25) is 10.1 Å². The lowest BCUT2D eigenvalue weighted by molar-refractivity contribution is -0.385. The average molecular weight is 261 g/mol. The van der Waals surface area contributed by atoms with Crippen LogP contribution in [0.1, 0.15) is 31.9 Å². The van der Waals surface area contributed by atoms with E-state index in [1.165, 1.54) is 12.1 Å². The summed E-state index contributed by atoms with van der Waals surface area (Å²) in [7, 11) is 0. The summed E-state index contributed by atoms with van der Waals surface area (Å²) in [6, 6.07) is 4.03. The average Bonchev–Trinajstić information content (AvgIpc) is 2.27. The van der Waals surface area contributed by atoms with E-state index in [-0.39, 0.29) is 35.8 Å². The monoisotopic (exact) mass is 260 g/mol. The fourth-order valence-electron chi connectivity index (χ4n) is 1.48. The van der Waals surface area contributed by atoms with Crippen molar-refractivity contribution < 1.29 is 10.0 Å². The number of halogens is 1. The predicted octanol–water partition coefficient (Wildman–Crippen LogP) is 2.77. The van der Waals surface area contributed by atoms with Crippen molar-refractivity contribution in [3.8, 4) is 5.75 Å². The number of aromatic hydroxyl groups is 1. The van der Waals surface area contributed by atoms with Crippen LogP contribution in [0.2, 0.25) is 0 Å². The topological polar surface area (TPSA) is 89.4 Å². The maximum absolute atomic E-state index is 10.6. The normalized spacial score (nSPS) is 13.6. The summed E-state index contributed by atoms with van der Waals surface area (Å²) in [5.74, 6) is -0.0887. The van der Waals surface area contributed by atoms with E-state index < -0.39 is 4.92 Å². The first-order valence-corrected chi connectivity index (χ1v) is 5.20. The standard InChI is InChI=1S/C11H16N2O3.ClH/c1-3-7(2)11(12)8-4-5-10(14)9(6-8)13(15)16;/h4-7,11,14H,3,12H2,1-2H3;1H/t7?,11-;/m0./s1. The van der Waals surface area contributed by atoms with Crippen molar-refractivity contribution in [3.63, 3.8) is 0 Å². The first-order chi connectivity index (χ1) is 7.47. The Bertz CT molecular complexity index is 398. The van der Waals surface area contributed by atoms with E-state index in [1.807, 2.05) is 13.8 Å². The lowest BCUT2D eigenvalue weighted by atomic mass is 9.93. The van der Waals surface area contributed by atoms with Crippen LogP contribution in [0.5, 0.6) is 5.75 Å². The van der Waals surface area contributed by atoms with E-state index in [9.17, 15) is 15.2 Å². The summed E-state index contributed by atoms with van der Waals surface area (Å²) in [6.07, 6.45) is 0.899. The van der Waals surface area contributed by atoms with E-state index >= 15 is 0 Å². The summed E-state index contributed by atoms with van der Waals surface area (Å²) in [4.78, 5) is 10.0. The molecule has 0 heterocycles. The summed E-state index contributed by atoms with van der Waals surface area (Å²) in [6.45, 7) is 4.00. The molecule has 0 amide bonds. The Morgan fingerprint density at radius 2 is 2.12 bits per heavy atom. The van der Waals surface area contributed by atoms with E-state index in [0.29, 0.717) is 5.56 Å². The van der Waals surface area contributed by atoms with Crippen LogP contribution in [0.15, 0.2) is 18.2 Å². The Kier molecular flexibility index (Phi) is 5.91. The van der Waals surface area contributed by atoms with Gasteiger partial charge in [-0.05, 0) is 17.5 Å². The fourth-order valence-corrected chi connectivity index (χ4v) is 1.48. The molecule has 0 aliphatic carbocycles. The number of nitro benzene ring substituents is 1. The van der Waals surface area contributed by atoms with Gasteiger partial charge in [0.2, 0.25) is 0 Å². The molecular weight excluding hydrogens is 244 g/mol. The van der Waals surface area contributed by atoms with Gasteiger partial charge in [0.15, 0.2) is 5.75 Å². The van der Waals surface area contributed by atoms with Gasteiger partial charge in [0.1, 0.15) is 0 Å². The Balaban J connectivity index is 0.00000256. The first-order valence-electron chi connectivity index (χ1n) is 5.20. The molecule has 0 bridgehead atoms. The van der Waals surface area contributed by atoms with Crippen molar-refractivity contribution in [2.24, 2.45) is 11.7 Å². The molecule has 1 aromatic carbocycles. The highest BCUT2D eigenvalue weighted by molar-refractivity contribution is 5.85. The number of benzene rings is 1. The number of phenolic OH excluding ortho intramolecular Hbond substituents is 1. The second-order valence-corrected chi connectivity index (χ2v) is 3.92. The molecule has 0 spiro atoms. The minimum atomic E-state index is -0.609. The number of hydrogen-bond donors (Lipinski definition) is 2. The van der Waals surface area contributed by atoms with Crippen molar-refractivity contribution >= 4 is 18.1 Å². The van der Waals surface area contributed by atoms with Crippen LogP contribution in [0, 0.1) is 16.0 Å². The van der Waals surface area contributed by atoms with Gasteiger partial charge in [-0.15, -0.1) is 12.4 Å². The lowest BCUT2D eigenvalue weighted by Gasteiger charge is -2.18. The summed E-state index contributed by atoms with van der Waals surface area (Å²) < 4.78 is 0. The van der Waals surface area contributed by atoms with Crippen LogP contribution in [0.3, 0.4) is 0 Å². The molecule has 2 atom stereocenters. The smallest absolute Gasteiger partial charge is 0.311 e. The number of nitro groups is 1. The first kappa shape index (κ1) is 15.7. The number of hydrogen-bond acceptors (Lipinski definition) is 4. The third kappa shape index (κ3) is 3.57. The van der Waals surface area contributed by atoms with Gasteiger partial charge in [0.25, 0.3) is 0 Å². The largest absolute Gasteiger partial charge is 0.502 e. The lowest BCUT2D eigenvalue weighted by Crippen LogP contribution is -2.18. The molecule has 1 unspecified atom stereocenters. The number of nitrogens with zero attached hydrogens (tertiary/aromatic N) is 1. The number of nitrogens with two attached hydrogens (primary N) is 1. The molecule has 0 radical (unpaired) electrons. The minimum Gasteiger partial charge on any atom is -0.502 e. The van der Waals surface area contributed by atoms with Crippen LogP contribution in [0.4, 0.5) is 5.69 Å². The van der Waals surface area contributed by atoms with Crippen molar-refractivity contribution in [3.05, 3.63) is 33.9 Å². The SMILES string of the molecule is CCC(C)[C@H](N)c1ccc(O)c([N+](=O)[O-])c1.Cl. The predicted molar refractivity (Wildman–Crippen MR) is 68.4 cm³/mol. The van der Waals surface area contributed by atoms with Crippen LogP contribution in [-0.4, -0.2) is 10.0 Å². The Morgan fingerprint density at radius 3 is 2.59 bits per heavy atom. The van der Waals surface area contributed by atoms with Crippen LogP contribution < -0.4 is 5.73 Å². The molecule has 0 saturated heterocycles. The molecular formula is C11H17ClN2O3. The molecule has 0 aliphatic rings. The Hall–Kier alpha value is -1.33. The maximum Gasteiger partial charge on any atom is 0.311 e. The Labute approximate surface area is 106 Å². The molecule has 1 aromatic rings. The van der Waals surface area contributed by atoms with Crippen molar-refractivity contribution in [1.82, 2.24) is 0 Å². The zero-order valence-corrected chi connectivity index (χ0v) is 10.6. The van der Waals surface area contributed by atoms with Crippen LogP contribution in [-0.2, 0) is 0 Å². The molecule has 17 heavy (non-hydrogen) atoms. The van der Waals surface area contributed by atoms with Gasteiger partial charge in [0, 0.05) is 12.1 Å². The molecule has 96 valence electrons. The Morgan fingerprint density at radius 1 is 1.53 bits per heavy atom. The quantitative estimate of drug-likeness (QED) is 0.643. The highest BCUT2D eigenvalue weighted by Crippen LogP contribution is 2.30. The molecule has 0 fully saturated rings. The van der Waals surface area contributed by atoms with E-state index in [2.05, 4.69) is 0 Å². The molecule has 6 heteroatoms. The van der Waals surface area contributed by atoms with Crippen LogP contribution in [0.25, 0.3) is 0 Å². The third-order valence-corrected chi connectivity index (χ3v) is 2.84. The molecule has 0 saturated carbocycles. The van der Waals surface area contributed by atoms with Gasteiger partial charge in [0.05, 0.1) is 4.92 Å². The van der Waals surface area contributed by atoms with Crippen LogP contribution >= 0.6 is 12.4 Å². The summed E-state index contributed by atoms with van der Waals surface area (Å²) in [5.41, 5.74) is 6.35. The molecule has 5 nitrogen and oxygen atoms in total. The fraction of sp³-hybridized carbons (Fsp3) is 0.455. The van der Waals surface area contributed by atoms with Gasteiger partial charge in [-0.1, -0.05) is 26.3 Å². The van der Waals surface area contributed by atoms with Gasteiger partial charge < -0.3 is 10.8 Å². The second kappa shape index (κ2) is 6.42. The molecule has 3 N–H and O–H groups in total. The zero-order valence-electron chi connectivity index (χ0n) is 9.79. The molecule has 0 aliphatic heterocycles. The molecule has 1 rings (SSSR count). The third-order valence-electron chi connectivity index (χ3n) is 2.84. The minimum absolute atomic E-state index is 0. The van der Waals surface area contributed by atoms with Gasteiger partial charge >= 0.3 is 5.69 Å². The summed E-state index contributed by atoms with van der Waals surface area (Å²) in [5, 5.41) is 19.9. The van der Waals surface area contributed by atoms with Crippen molar-refractivity contribution in [2.45, 2.75) is 26.3 Å². The van der Waals surface area contributed by atoms with E-state index in [1.54, 1.807) is 6.07 Å². The number of phenols is 1. The second-order valence-electron chi connectivity index (χ2n) is 3.92. The van der Waals surface area contributed by atoms with Crippen molar-refractivity contribution in [1.29, 1.82) is 0 Å². The highest BCUT2D eigenvalue weighted by Gasteiger charge is 2.19. The van der Waals surface area contributed by atoms with Gasteiger partial charge in [-0.25, -0.2) is 0 Å². The van der Waals surface area contributed by atoms with Crippen molar-refractivity contribution in [2.75, 3.05) is 0 Å². The number of rotatable bonds is 4. The van der Waals surface area contributed by atoms with E-state index in [4.69, 9.17) is 5.73 Å². The summed E-state index contributed by atoms with van der Waals surface area (Å²) >= 11 is 0.